The van der Waals surface area contributed by atoms with Gasteiger partial charge < -0.3 is 15.0 Å². The zero-order chi connectivity index (χ0) is 22.8. The van der Waals surface area contributed by atoms with E-state index < -0.39 is 6.04 Å². The van der Waals surface area contributed by atoms with E-state index in [-0.39, 0.29) is 24.3 Å². The molecule has 0 saturated carbocycles. The summed E-state index contributed by atoms with van der Waals surface area (Å²) in [7, 11) is 0. The first-order valence-corrected chi connectivity index (χ1v) is 11.3. The van der Waals surface area contributed by atoms with Crippen molar-refractivity contribution >= 4 is 35.0 Å². The second kappa shape index (κ2) is 12.6. The van der Waals surface area contributed by atoms with Gasteiger partial charge in [0.05, 0.1) is 6.61 Å². The van der Waals surface area contributed by atoms with E-state index in [1.54, 1.807) is 42.2 Å². The lowest BCUT2D eigenvalue weighted by atomic mass is 10.1. The molecule has 0 aliphatic carbocycles. The molecule has 0 aliphatic rings. The minimum Gasteiger partial charge on any atom is -0.494 e. The number of benzene rings is 2. The number of rotatable bonds is 11. The van der Waals surface area contributed by atoms with Gasteiger partial charge in [-0.2, -0.15) is 0 Å². The first-order valence-electron chi connectivity index (χ1n) is 10.5. The van der Waals surface area contributed by atoms with Crippen LogP contribution in [0, 0.1) is 0 Å². The van der Waals surface area contributed by atoms with Gasteiger partial charge in [-0.05, 0) is 68.7 Å². The minimum absolute atomic E-state index is 0.0471. The molecule has 168 valence electrons. The van der Waals surface area contributed by atoms with Crippen LogP contribution in [0.5, 0.6) is 5.75 Å². The number of carbonyl (C=O) groups is 2. The molecule has 2 aromatic rings. The van der Waals surface area contributed by atoms with Crippen LogP contribution in [-0.2, 0) is 16.1 Å². The van der Waals surface area contributed by atoms with E-state index in [0.29, 0.717) is 35.4 Å². The van der Waals surface area contributed by atoms with Gasteiger partial charge in [-0.1, -0.05) is 42.3 Å². The lowest BCUT2D eigenvalue weighted by molar-refractivity contribution is -0.141. The van der Waals surface area contributed by atoms with Crippen molar-refractivity contribution in [3.05, 3.63) is 64.1 Å². The molecule has 7 heteroatoms. The second-order valence-electron chi connectivity index (χ2n) is 7.55. The fourth-order valence-electron chi connectivity index (χ4n) is 2.97. The van der Waals surface area contributed by atoms with E-state index in [1.165, 1.54) is 0 Å². The molecule has 31 heavy (non-hydrogen) atoms. The van der Waals surface area contributed by atoms with Crippen molar-refractivity contribution in [3.8, 4) is 5.75 Å². The summed E-state index contributed by atoms with van der Waals surface area (Å²) in [6.07, 6.45) is 1.63. The van der Waals surface area contributed by atoms with Crippen LogP contribution in [0.25, 0.3) is 0 Å². The van der Waals surface area contributed by atoms with Crippen LogP contribution in [0.1, 0.15) is 45.6 Å². The number of halogens is 2. The molecule has 0 radical (unpaired) electrons. The van der Waals surface area contributed by atoms with E-state index >= 15 is 0 Å². The summed E-state index contributed by atoms with van der Waals surface area (Å²) in [5.74, 6) is 0.433. The van der Waals surface area contributed by atoms with Gasteiger partial charge in [0.15, 0.2) is 0 Å². The maximum atomic E-state index is 13.0. The van der Waals surface area contributed by atoms with Gasteiger partial charge in [0.25, 0.3) is 0 Å². The van der Waals surface area contributed by atoms with E-state index in [4.69, 9.17) is 27.9 Å². The lowest BCUT2D eigenvalue weighted by Crippen LogP contribution is -2.49. The molecule has 0 aliphatic heterocycles. The molecule has 0 bridgehead atoms. The first-order chi connectivity index (χ1) is 14.8. The van der Waals surface area contributed by atoms with Gasteiger partial charge in [-0.3, -0.25) is 9.59 Å². The Bertz CT molecular complexity index is 858. The van der Waals surface area contributed by atoms with Gasteiger partial charge in [0.2, 0.25) is 11.8 Å². The summed E-state index contributed by atoms with van der Waals surface area (Å²) >= 11 is 12.0. The summed E-state index contributed by atoms with van der Waals surface area (Å²) in [4.78, 5) is 27.3. The standard InChI is InChI=1S/C24H30Cl2N2O3/c1-4-17(2)27-24(30)18(3)28(16-19-7-5-8-21(26)15-19)23(29)9-6-14-31-22-12-10-20(25)11-13-22/h5,7-8,10-13,15,17-18H,4,6,9,14,16H2,1-3H3,(H,27,30)/t17-,18-/m0/s1. The largest absolute Gasteiger partial charge is 0.494 e. The zero-order valence-corrected chi connectivity index (χ0v) is 19.7. The summed E-state index contributed by atoms with van der Waals surface area (Å²) in [6, 6.07) is 13.9. The summed E-state index contributed by atoms with van der Waals surface area (Å²) in [6.45, 7) is 6.41. The highest BCUT2D eigenvalue weighted by Gasteiger charge is 2.26. The molecular formula is C24H30Cl2N2O3. The molecule has 2 aromatic carbocycles. The number of nitrogens with zero attached hydrogens (tertiary/aromatic N) is 1. The number of amides is 2. The van der Waals surface area contributed by atoms with Crippen molar-refractivity contribution in [2.45, 2.75) is 58.7 Å². The SMILES string of the molecule is CC[C@H](C)NC(=O)[C@H](C)N(Cc1cccc(Cl)c1)C(=O)CCCOc1ccc(Cl)cc1. The van der Waals surface area contributed by atoms with Crippen molar-refractivity contribution in [2.24, 2.45) is 0 Å². The quantitative estimate of drug-likeness (QED) is 0.447. The predicted molar refractivity (Wildman–Crippen MR) is 126 cm³/mol. The van der Waals surface area contributed by atoms with E-state index in [0.717, 1.165) is 12.0 Å². The third-order valence-corrected chi connectivity index (χ3v) is 5.51. The van der Waals surface area contributed by atoms with Gasteiger partial charge in [-0.15, -0.1) is 0 Å². The molecule has 2 rings (SSSR count). The van der Waals surface area contributed by atoms with Crippen LogP contribution in [0.2, 0.25) is 10.0 Å². The summed E-state index contributed by atoms with van der Waals surface area (Å²) in [5, 5.41) is 4.20. The molecule has 2 atom stereocenters. The van der Waals surface area contributed by atoms with Crippen molar-refractivity contribution < 1.29 is 14.3 Å². The van der Waals surface area contributed by atoms with Crippen LogP contribution in [0.4, 0.5) is 0 Å². The molecule has 0 saturated heterocycles. The fourth-order valence-corrected chi connectivity index (χ4v) is 3.31. The monoisotopic (exact) mass is 464 g/mol. The number of carbonyl (C=O) groups excluding carboxylic acids is 2. The zero-order valence-electron chi connectivity index (χ0n) is 18.2. The molecule has 2 amide bonds. The van der Waals surface area contributed by atoms with Crippen LogP contribution < -0.4 is 10.1 Å². The van der Waals surface area contributed by atoms with Crippen molar-refractivity contribution in [1.29, 1.82) is 0 Å². The molecule has 1 N–H and O–H groups in total. The average Bonchev–Trinajstić information content (AvgIpc) is 2.75. The third kappa shape index (κ3) is 8.42. The normalized spacial score (nSPS) is 12.7. The molecule has 0 heterocycles. The maximum absolute atomic E-state index is 13.0. The summed E-state index contributed by atoms with van der Waals surface area (Å²) in [5.41, 5.74) is 0.876. The lowest BCUT2D eigenvalue weighted by Gasteiger charge is -2.30. The van der Waals surface area contributed by atoms with Gasteiger partial charge in [0.1, 0.15) is 11.8 Å². The molecule has 5 nitrogen and oxygen atoms in total. The van der Waals surface area contributed by atoms with Crippen molar-refractivity contribution in [3.63, 3.8) is 0 Å². The number of ether oxygens (including phenoxy) is 1. The van der Waals surface area contributed by atoms with Gasteiger partial charge >= 0.3 is 0 Å². The smallest absolute Gasteiger partial charge is 0.242 e. The maximum Gasteiger partial charge on any atom is 0.242 e. The Labute approximate surface area is 194 Å². The molecule has 0 unspecified atom stereocenters. The molecule has 0 spiro atoms. The highest BCUT2D eigenvalue weighted by Crippen LogP contribution is 2.18. The van der Waals surface area contributed by atoms with Crippen LogP contribution in [0.3, 0.4) is 0 Å². The minimum atomic E-state index is -0.599. The van der Waals surface area contributed by atoms with Crippen LogP contribution in [0.15, 0.2) is 48.5 Å². The fraction of sp³-hybridized carbons (Fsp3) is 0.417. The Morgan fingerprint density at radius 3 is 2.42 bits per heavy atom. The third-order valence-electron chi connectivity index (χ3n) is 5.03. The average molecular weight is 465 g/mol. The highest BCUT2D eigenvalue weighted by molar-refractivity contribution is 6.30. The van der Waals surface area contributed by atoms with E-state index in [9.17, 15) is 9.59 Å². The topological polar surface area (TPSA) is 58.6 Å². The van der Waals surface area contributed by atoms with Crippen molar-refractivity contribution in [1.82, 2.24) is 10.2 Å². The van der Waals surface area contributed by atoms with Crippen molar-refractivity contribution in [2.75, 3.05) is 6.61 Å². The van der Waals surface area contributed by atoms with E-state index in [2.05, 4.69) is 5.32 Å². The summed E-state index contributed by atoms with van der Waals surface area (Å²) < 4.78 is 5.67. The number of hydrogen-bond acceptors (Lipinski definition) is 3. The molecular weight excluding hydrogens is 435 g/mol. The Kier molecular flexibility index (Phi) is 10.2. The Morgan fingerprint density at radius 2 is 1.77 bits per heavy atom. The van der Waals surface area contributed by atoms with Gasteiger partial charge in [-0.25, -0.2) is 0 Å². The van der Waals surface area contributed by atoms with Crippen LogP contribution in [-0.4, -0.2) is 35.4 Å². The van der Waals surface area contributed by atoms with Gasteiger partial charge in [0, 0.05) is 29.1 Å². The predicted octanol–water partition coefficient (Wildman–Crippen LogP) is 5.48. The highest BCUT2D eigenvalue weighted by atomic mass is 35.5. The number of hydrogen-bond donors (Lipinski definition) is 1. The first kappa shape index (κ1) is 25.0. The Hall–Kier alpha value is -2.24. The van der Waals surface area contributed by atoms with Crippen LogP contribution >= 0.6 is 23.2 Å². The number of nitrogens with one attached hydrogen (secondary N) is 1. The molecule has 0 fully saturated rings. The second-order valence-corrected chi connectivity index (χ2v) is 8.42. The molecule has 0 aromatic heterocycles. The Balaban J connectivity index is 2.00. The van der Waals surface area contributed by atoms with E-state index in [1.807, 2.05) is 32.0 Å². The Morgan fingerprint density at radius 1 is 1.06 bits per heavy atom.